The fourth-order valence-electron chi connectivity index (χ4n) is 3.65. The highest BCUT2D eigenvalue weighted by Gasteiger charge is 2.24. The standard InChI is InChI=1S/C20H25N7/c1-15-4-3-5-18(24-15)25-20-19(21-8-9-22-20)17-6-10-27(11-7-17)14-16-12-23-26(2)13-16/h3-5,8-9,12-13,17H,6-7,10-11,14H2,1-2H3,(H,22,24,25). The van der Waals surface area contributed by atoms with Gasteiger partial charge in [0.25, 0.3) is 0 Å². The molecule has 7 nitrogen and oxygen atoms in total. The Bertz CT molecular complexity index is 897. The van der Waals surface area contributed by atoms with Crippen molar-refractivity contribution >= 4 is 11.6 Å². The van der Waals surface area contributed by atoms with Crippen LogP contribution in [0.1, 0.15) is 35.7 Å². The number of nitrogens with one attached hydrogen (secondary N) is 1. The van der Waals surface area contributed by atoms with Crippen LogP contribution in [0.25, 0.3) is 0 Å². The van der Waals surface area contributed by atoms with Crippen LogP contribution in [0.4, 0.5) is 11.6 Å². The zero-order valence-corrected chi connectivity index (χ0v) is 15.8. The van der Waals surface area contributed by atoms with E-state index in [0.717, 1.165) is 55.5 Å². The number of piperidine rings is 1. The van der Waals surface area contributed by atoms with E-state index in [1.807, 2.05) is 43.0 Å². The van der Waals surface area contributed by atoms with Crippen LogP contribution in [0.5, 0.6) is 0 Å². The van der Waals surface area contributed by atoms with Crippen molar-refractivity contribution < 1.29 is 0 Å². The smallest absolute Gasteiger partial charge is 0.153 e. The summed E-state index contributed by atoms with van der Waals surface area (Å²) in [5, 5.41) is 7.61. The fourth-order valence-corrected chi connectivity index (χ4v) is 3.65. The van der Waals surface area contributed by atoms with E-state index in [1.54, 1.807) is 12.4 Å². The van der Waals surface area contributed by atoms with Gasteiger partial charge in [-0.3, -0.25) is 14.6 Å². The van der Waals surface area contributed by atoms with Gasteiger partial charge in [-0.05, 0) is 45.0 Å². The van der Waals surface area contributed by atoms with E-state index >= 15 is 0 Å². The maximum absolute atomic E-state index is 4.65. The Morgan fingerprint density at radius 2 is 1.96 bits per heavy atom. The van der Waals surface area contributed by atoms with Crippen molar-refractivity contribution in [2.75, 3.05) is 18.4 Å². The van der Waals surface area contributed by atoms with Gasteiger partial charge in [0.15, 0.2) is 5.82 Å². The topological polar surface area (TPSA) is 71.8 Å². The lowest BCUT2D eigenvalue weighted by molar-refractivity contribution is 0.203. The normalized spacial score (nSPS) is 15.8. The molecule has 0 aliphatic carbocycles. The van der Waals surface area contributed by atoms with Gasteiger partial charge in [-0.25, -0.2) is 9.97 Å². The monoisotopic (exact) mass is 363 g/mol. The van der Waals surface area contributed by atoms with E-state index in [1.165, 1.54) is 5.56 Å². The highest BCUT2D eigenvalue weighted by atomic mass is 15.2. The number of likely N-dealkylation sites (tertiary alicyclic amines) is 1. The molecule has 27 heavy (non-hydrogen) atoms. The molecule has 1 aliphatic rings. The summed E-state index contributed by atoms with van der Waals surface area (Å²) in [6.45, 7) is 5.05. The summed E-state index contributed by atoms with van der Waals surface area (Å²) in [5.74, 6) is 2.04. The predicted octanol–water partition coefficient (Wildman–Crippen LogP) is 3.04. The van der Waals surface area contributed by atoms with E-state index in [-0.39, 0.29) is 0 Å². The number of hydrogen-bond acceptors (Lipinski definition) is 6. The lowest BCUT2D eigenvalue weighted by atomic mass is 9.93. The zero-order chi connectivity index (χ0) is 18.6. The molecule has 0 amide bonds. The van der Waals surface area contributed by atoms with Crippen molar-refractivity contribution in [3.63, 3.8) is 0 Å². The van der Waals surface area contributed by atoms with Crippen molar-refractivity contribution in [3.05, 3.63) is 59.9 Å². The third-order valence-electron chi connectivity index (χ3n) is 5.00. The molecule has 4 heterocycles. The Morgan fingerprint density at radius 1 is 1.15 bits per heavy atom. The van der Waals surface area contributed by atoms with Crippen LogP contribution in [0.15, 0.2) is 43.0 Å². The Morgan fingerprint density at radius 3 is 2.70 bits per heavy atom. The summed E-state index contributed by atoms with van der Waals surface area (Å²) >= 11 is 0. The number of aromatic nitrogens is 5. The zero-order valence-electron chi connectivity index (χ0n) is 15.8. The second-order valence-electron chi connectivity index (χ2n) is 7.15. The summed E-state index contributed by atoms with van der Waals surface area (Å²) in [6, 6.07) is 5.94. The molecule has 140 valence electrons. The minimum absolute atomic E-state index is 0.413. The molecular weight excluding hydrogens is 338 g/mol. The van der Waals surface area contributed by atoms with Gasteiger partial charge in [0.2, 0.25) is 0 Å². The third kappa shape index (κ3) is 4.31. The molecule has 3 aromatic heterocycles. The van der Waals surface area contributed by atoms with E-state index in [0.29, 0.717) is 5.92 Å². The first-order valence-electron chi connectivity index (χ1n) is 9.39. The fraction of sp³-hybridized carbons (Fsp3) is 0.400. The quantitative estimate of drug-likeness (QED) is 0.751. The summed E-state index contributed by atoms with van der Waals surface area (Å²) < 4.78 is 1.86. The molecular formula is C20H25N7. The van der Waals surface area contributed by atoms with Gasteiger partial charge >= 0.3 is 0 Å². The van der Waals surface area contributed by atoms with Crippen molar-refractivity contribution in [1.82, 2.24) is 29.6 Å². The predicted molar refractivity (Wildman–Crippen MR) is 105 cm³/mol. The first kappa shape index (κ1) is 17.6. The first-order chi connectivity index (χ1) is 13.2. The summed E-state index contributed by atoms with van der Waals surface area (Å²) in [4.78, 5) is 16.2. The molecule has 1 fully saturated rings. The van der Waals surface area contributed by atoms with E-state index in [4.69, 9.17) is 0 Å². The molecule has 0 spiro atoms. The number of rotatable bonds is 5. The van der Waals surface area contributed by atoms with Crippen molar-refractivity contribution in [1.29, 1.82) is 0 Å². The summed E-state index contributed by atoms with van der Waals surface area (Å²) in [7, 11) is 1.96. The van der Waals surface area contributed by atoms with Gasteiger partial charge in [-0.2, -0.15) is 5.10 Å². The van der Waals surface area contributed by atoms with Crippen LogP contribution in [0, 0.1) is 6.92 Å². The van der Waals surface area contributed by atoms with Crippen LogP contribution in [0.3, 0.4) is 0 Å². The molecule has 0 radical (unpaired) electrons. The van der Waals surface area contributed by atoms with Gasteiger partial charge in [0.1, 0.15) is 5.82 Å². The molecule has 0 aromatic carbocycles. The van der Waals surface area contributed by atoms with Crippen LogP contribution in [-0.2, 0) is 13.6 Å². The van der Waals surface area contributed by atoms with Gasteiger partial charge in [-0.15, -0.1) is 0 Å². The number of hydrogen-bond donors (Lipinski definition) is 1. The molecule has 7 heteroatoms. The minimum Gasteiger partial charge on any atom is -0.323 e. The number of nitrogens with zero attached hydrogens (tertiary/aromatic N) is 6. The highest BCUT2D eigenvalue weighted by molar-refractivity contribution is 5.54. The van der Waals surface area contributed by atoms with Gasteiger partial charge in [0, 0.05) is 49.4 Å². The Balaban J connectivity index is 1.42. The van der Waals surface area contributed by atoms with Crippen LogP contribution < -0.4 is 5.32 Å². The van der Waals surface area contributed by atoms with E-state index in [9.17, 15) is 0 Å². The molecule has 1 aliphatic heterocycles. The van der Waals surface area contributed by atoms with E-state index in [2.05, 4.69) is 36.5 Å². The number of aryl methyl sites for hydroxylation is 2. The van der Waals surface area contributed by atoms with Crippen LogP contribution >= 0.6 is 0 Å². The summed E-state index contributed by atoms with van der Waals surface area (Å²) in [6.07, 6.45) is 9.71. The maximum atomic E-state index is 4.65. The van der Waals surface area contributed by atoms with Gasteiger partial charge in [0.05, 0.1) is 11.9 Å². The van der Waals surface area contributed by atoms with E-state index < -0.39 is 0 Å². The average molecular weight is 363 g/mol. The minimum atomic E-state index is 0.413. The molecule has 0 atom stereocenters. The highest BCUT2D eigenvalue weighted by Crippen LogP contribution is 2.31. The van der Waals surface area contributed by atoms with Crippen LogP contribution in [-0.4, -0.2) is 42.7 Å². The number of pyridine rings is 1. The molecule has 1 N–H and O–H groups in total. The second-order valence-corrected chi connectivity index (χ2v) is 7.15. The Labute approximate surface area is 159 Å². The largest absolute Gasteiger partial charge is 0.323 e. The average Bonchev–Trinajstić information content (AvgIpc) is 3.08. The van der Waals surface area contributed by atoms with Gasteiger partial charge in [-0.1, -0.05) is 6.07 Å². The van der Waals surface area contributed by atoms with Crippen molar-refractivity contribution in [2.24, 2.45) is 7.05 Å². The van der Waals surface area contributed by atoms with Crippen LogP contribution in [0.2, 0.25) is 0 Å². The molecule has 4 rings (SSSR count). The van der Waals surface area contributed by atoms with Gasteiger partial charge < -0.3 is 5.32 Å². The first-order valence-corrected chi connectivity index (χ1v) is 9.39. The molecule has 3 aromatic rings. The summed E-state index contributed by atoms with van der Waals surface area (Å²) in [5.41, 5.74) is 3.29. The maximum Gasteiger partial charge on any atom is 0.153 e. The SMILES string of the molecule is Cc1cccc(Nc2nccnc2C2CCN(Cc3cnn(C)c3)CC2)n1. The molecule has 0 saturated carbocycles. The van der Waals surface area contributed by atoms with Crippen molar-refractivity contribution in [2.45, 2.75) is 32.2 Å². The molecule has 0 unspecified atom stereocenters. The molecule has 0 bridgehead atoms. The molecule has 1 saturated heterocycles. The van der Waals surface area contributed by atoms with Crippen molar-refractivity contribution in [3.8, 4) is 0 Å². The third-order valence-corrected chi connectivity index (χ3v) is 5.00. The Hall–Kier alpha value is -2.80. The second kappa shape index (κ2) is 7.84. The lowest BCUT2D eigenvalue weighted by Gasteiger charge is -2.31. The lowest BCUT2D eigenvalue weighted by Crippen LogP contribution is -2.32. The number of anilines is 2. The Kier molecular flexibility index (Phi) is 5.11.